The van der Waals surface area contributed by atoms with Crippen molar-refractivity contribution in [1.82, 2.24) is 0 Å². The maximum absolute atomic E-state index is 13.0. The van der Waals surface area contributed by atoms with Crippen molar-refractivity contribution >= 4 is 5.78 Å². The Hall–Kier alpha value is -1.80. The van der Waals surface area contributed by atoms with Crippen LogP contribution in [-0.2, 0) is 0 Å². The Morgan fingerprint density at radius 1 is 1.43 bits per heavy atom. The number of ketones is 1. The molecule has 1 aromatic rings. The van der Waals surface area contributed by atoms with E-state index in [4.69, 9.17) is 11.0 Å². The molecular formula is C9H6F2N2O. The van der Waals surface area contributed by atoms with E-state index in [-0.39, 0.29) is 17.7 Å². The molecule has 0 fully saturated rings. The zero-order chi connectivity index (χ0) is 10.7. The van der Waals surface area contributed by atoms with Gasteiger partial charge in [0, 0.05) is 6.07 Å². The summed E-state index contributed by atoms with van der Waals surface area (Å²) >= 11 is 0. The highest BCUT2D eigenvalue weighted by Crippen LogP contribution is 2.14. The van der Waals surface area contributed by atoms with Crippen molar-refractivity contribution in [3.05, 3.63) is 34.9 Å². The Morgan fingerprint density at radius 3 is 2.57 bits per heavy atom. The SMILES string of the molecule is N#Cc1cc(C(=O)CN)c(F)cc1F. The van der Waals surface area contributed by atoms with E-state index in [1.165, 1.54) is 6.07 Å². The molecule has 72 valence electrons. The third kappa shape index (κ3) is 1.75. The summed E-state index contributed by atoms with van der Waals surface area (Å²) in [5.41, 5.74) is 4.28. The number of hydrogen-bond donors (Lipinski definition) is 1. The van der Waals surface area contributed by atoms with Gasteiger partial charge in [-0.2, -0.15) is 5.26 Å². The van der Waals surface area contributed by atoms with Gasteiger partial charge in [0.25, 0.3) is 0 Å². The van der Waals surface area contributed by atoms with E-state index in [0.717, 1.165) is 6.07 Å². The average Bonchev–Trinajstić information content (AvgIpc) is 2.17. The molecule has 0 aliphatic carbocycles. The number of nitrogens with two attached hydrogens (primary N) is 1. The first-order valence-electron chi connectivity index (χ1n) is 3.72. The Balaban J connectivity index is 3.33. The van der Waals surface area contributed by atoms with Crippen molar-refractivity contribution in [2.75, 3.05) is 6.54 Å². The molecule has 0 unspecified atom stereocenters. The fraction of sp³-hybridized carbons (Fsp3) is 0.111. The summed E-state index contributed by atoms with van der Waals surface area (Å²) in [6.45, 7) is -0.382. The van der Waals surface area contributed by atoms with Crippen LogP contribution in [0.2, 0.25) is 0 Å². The molecule has 0 atom stereocenters. The van der Waals surface area contributed by atoms with E-state index in [2.05, 4.69) is 0 Å². The van der Waals surface area contributed by atoms with Gasteiger partial charge in [-0.1, -0.05) is 0 Å². The second kappa shape index (κ2) is 3.94. The number of Topliss-reactive ketones (excluding diaryl/α,β-unsaturated/α-hetero) is 1. The summed E-state index contributed by atoms with van der Waals surface area (Å²) in [5.74, 6) is -2.66. The maximum atomic E-state index is 13.0. The lowest BCUT2D eigenvalue weighted by atomic mass is 10.1. The average molecular weight is 196 g/mol. The highest BCUT2D eigenvalue weighted by atomic mass is 19.1. The number of halogens is 2. The number of benzene rings is 1. The molecule has 3 nitrogen and oxygen atoms in total. The Labute approximate surface area is 78.8 Å². The summed E-state index contributed by atoms with van der Waals surface area (Å²) in [6, 6.07) is 2.87. The van der Waals surface area contributed by atoms with Gasteiger partial charge in [0.15, 0.2) is 5.78 Å². The summed E-state index contributed by atoms with van der Waals surface area (Å²) < 4.78 is 25.8. The van der Waals surface area contributed by atoms with Crippen LogP contribution in [-0.4, -0.2) is 12.3 Å². The fourth-order valence-corrected chi connectivity index (χ4v) is 0.958. The number of nitriles is 1. The minimum absolute atomic E-state index is 0.356. The van der Waals surface area contributed by atoms with Crippen LogP contribution in [0.4, 0.5) is 8.78 Å². The van der Waals surface area contributed by atoms with Gasteiger partial charge in [-0.25, -0.2) is 8.78 Å². The highest BCUT2D eigenvalue weighted by Gasteiger charge is 2.14. The van der Waals surface area contributed by atoms with E-state index in [0.29, 0.717) is 6.07 Å². The molecule has 0 saturated heterocycles. The third-order valence-corrected chi connectivity index (χ3v) is 1.66. The lowest BCUT2D eigenvalue weighted by molar-refractivity contribution is 0.0997. The van der Waals surface area contributed by atoms with E-state index >= 15 is 0 Å². The number of carbonyl (C=O) groups is 1. The van der Waals surface area contributed by atoms with E-state index < -0.39 is 17.4 Å². The van der Waals surface area contributed by atoms with Crippen LogP contribution < -0.4 is 5.73 Å². The molecule has 14 heavy (non-hydrogen) atoms. The van der Waals surface area contributed by atoms with Crippen LogP contribution >= 0.6 is 0 Å². The zero-order valence-electron chi connectivity index (χ0n) is 7.05. The minimum Gasteiger partial charge on any atom is -0.324 e. The molecule has 0 aliphatic rings. The lowest BCUT2D eigenvalue weighted by Crippen LogP contribution is -2.15. The summed E-state index contributed by atoms with van der Waals surface area (Å²) in [7, 11) is 0. The number of hydrogen-bond acceptors (Lipinski definition) is 3. The van der Waals surface area contributed by atoms with Gasteiger partial charge in [0.1, 0.15) is 17.7 Å². The van der Waals surface area contributed by atoms with Crippen LogP contribution in [0.5, 0.6) is 0 Å². The predicted octanol–water partition coefficient (Wildman–Crippen LogP) is 0.978. The quantitative estimate of drug-likeness (QED) is 0.717. The molecule has 0 bridgehead atoms. The normalized spacial score (nSPS) is 9.57. The Bertz CT molecular complexity index is 424. The molecular weight excluding hydrogens is 190 g/mol. The predicted molar refractivity (Wildman–Crippen MR) is 44.5 cm³/mol. The summed E-state index contributed by atoms with van der Waals surface area (Å²) in [5, 5.41) is 8.43. The van der Waals surface area contributed by atoms with Gasteiger partial charge in [0.05, 0.1) is 17.7 Å². The highest BCUT2D eigenvalue weighted by molar-refractivity contribution is 5.98. The van der Waals surface area contributed by atoms with Crippen molar-refractivity contribution < 1.29 is 13.6 Å². The number of carbonyl (C=O) groups excluding carboxylic acids is 1. The first-order chi connectivity index (χ1) is 6.60. The van der Waals surface area contributed by atoms with Crippen LogP contribution in [0.1, 0.15) is 15.9 Å². The topological polar surface area (TPSA) is 66.9 Å². The van der Waals surface area contributed by atoms with Gasteiger partial charge in [-0.05, 0) is 6.07 Å². The Morgan fingerprint density at radius 2 is 2.07 bits per heavy atom. The molecule has 0 spiro atoms. The molecule has 0 aliphatic heterocycles. The van der Waals surface area contributed by atoms with Gasteiger partial charge < -0.3 is 5.73 Å². The van der Waals surface area contributed by atoms with Crippen LogP contribution in [0, 0.1) is 23.0 Å². The molecule has 0 saturated carbocycles. The lowest BCUT2D eigenvalue weighted by Gasteiger charge is -2.01. The molecule has 1 aromatic carbocycles. The molecule has 0 radical (unpaired) electrons. The van der Waals surface area contributed by atoms with Crippen LogP contribution in [0.3, 0.4) is 0 Å². The van der Waals surface area contributed by atoms with Crippen molar-refractivity contribution in [2.24, 2.45) is 5.73 Å². The van der Waals surface area contributed by atoms with Gasteiger partial charge >= 0.3 is 0 Å². The second-order valence-corrected chi connectivity index (χ2v) is 2.55. The molecule has 0 amide bonds. The van der Waals surface area contributed by atoms with Crippen molar-refractivity contribution in [3.8, 4) is 6.07 Å². The summed E-state index contributed by atoms with van der Waals surface area (Å²) in [6.07, 6.45) is 0. The first-order valence-corrected chi connectivity index (χ1v) is 3.72. The zero-order valence-corrected chi connectivity index (χ0v) is 7.05. The van der Waals surface area contributed by atoms with Crippen molar-refractivity contribution in [2.45, 2.75) is 0 Å². The van der Waals surface area contributed by atoms with Gasteiger partial charge in [-0.15, -0.1) is 0 Å². The number of nitrogens with zero attached hydrogens (tertiary/aromatic N) is 1. The third-order valence-electron chi connectivity index (χ3n) is 1.66. The largest absolute Gasteiger partial charge is 0.324 e. The van der Waals surface area contributed by atoms with Crippen molar-refractivity contribution in [3.63, 3.8) is 0 Å². The van der Waals surface area contributed by atoms with Gasteiger partial charge in [-0.3, -0.25) is 4.79 Å². The second-order valence-electron chi connectivity index (χ2n) is 2.55. The standard InChI is InChI=1S/C9H6F2N2O/c10-7-2-8(11)6(9(14)4-13)1-5(7)3-12/h1-2H,4,13H2. The molecule has 0 heterocycles. The number of rotatable bonds is 2. The van der Waals surface area contributed by atoms with Crippen molar-refractivity contribution in [1.29, 1.82) is 5.26 Å². The maximum Gasteiger partial charge on any atom is 0.179 e. The smallest absolute Gasteiger partial charge is 0.179 e. The van der Waals surface area contributed by atoms with E-state index in [9.17, 15) is 13.6 Å². The van der Waals surface area contributed by atoms with E-state index in [1.807, 2.05) is 0 Å². The monoisotopic (exact) mass is 196 g/mol. The van der Waals surface area contributed by atoms with E-state index in [1.54, 1.807) is 0 Å². The minimum atomic E-state index is -1.00. The molecule has 2 N–H and O–H groups in total. The Kier molecular flexibility index (Phi) is 2.89. The molecule has 0 aromatic heterocycles. The first kappa shape index (κ1) is 10.3. The fourth-order valence-electron chi connectivity index (χ4n) is 0.958. The van der Waals surface area contributed by atoms with Gasteiger partial charge in [0.2, 0.25) is 0 Å². The molecule has 1 rings (SSSR count). The summed E-state index contributed by atoms with van der Waals surface area (Å²) in [4.78, 5) is 11.0. The molecule has 5 heteroatoms. The van der Waals surface area contributed by atoms with Crippen LogP contribution in [0.25, 0.3) is 0 Å². The van der Waals surface area contributed by atoms with Crippen LogP contribution in [0.15, 0.2) is 12.1 Å².